The minimum Gasteiger partial charge on any atom is -0.508 e. The van der Waals surface area contributed by atoms with E-state index in [2.05, 4.69) is 30.5 Å². The van der Waals surface area contributed by atoms with Crippen molar-refractivity contribution in [2.24, 2.45) is 0 Å². The number of piperazine rings is 1. The number of phenols is 1. The highest BCUT2D eigenvalue weighted by Crippen LogP contribution is 2.30. The van der Waals surface area contributed by atoms with E-state index in [9.17, 15) is 19.5 Å². The van der Waals surface area contributed by atoms with Crippen LogP contribution < -0.4 is 4.90 Å². The molecule has 3 aliphatic heterocycles. The third-order valence-corrected chi connectivity index (χ3v) is 7.69. The van der Waals surface area contributed by atoms with E-state index in [-0.39, 0.29) is 37.1 Å². The van der Waals surface area contributed by atoms with E-state index in [4.69, 9.17) is 4.74 Å². The van der Waals surface area contributed by atoms with E-state index in [1.165, 1.54) is 5.01 Å². The second-order valence-electron chi connectivity index (χ2n) is 10.2. The second-order valence-corrected chi connectivity index (χ2v) is 10.2. The molecule has 10 heteroatoms. The molecule has 39 heavy (non-hydrogen) atoms. The van der Waals surface area contributed by atoms with E-state index in [1.807, 2.05) is 6.07 Å². The van der Waals surface area contributed by atoms with Crippen LogP contribution in [0.1, 0.15) is 16.7 Å². The molecule has 0 saturated carbocycles. The minimum absolute atomic E-state index is 0.0124. The number of amides is 3. The molecule has 1 N–H and O–H groups in total. The van der Waals surface area contributed by atoms with Crippen molar-refractivity contribution in [3.8, 4) is 5.75 Å². The Hall–Kier alpha value is -3.89. The number of rotatable bonds is 8. The Morgan fingerprint density at radius 1 is 1.08 bits per heavy atom. The number of carbonyl (C=O) groups excluding carboxylic acids is 3. The summed E-state index contributed by atoms with van der Waals surface area (Å²) in [6.07, 6.45) is 2.02. The van der Waals surface area contributed by atoms with Crippen LogP contribution in [0.5, 0.6) is 5.75 Å². The molecule has 1 unspecified atom stereocenters. The molecule has 10 nitrogen and oxygen atoms in total. The van der Waals surface area contributed by atoms with Gasteiger partial charge in [-0.2, -0.15) is 0 Å². The van der Waals surface area contributed by atoms with Crippen LogP contribution in [0.4, 0.5) is 5.69 Å². The van der Waals surface area contributed by atoms with Gasteiger partial charge < -0.3 is 24.5 Å². The number of carbonyl (C=O) groups is 3. The number of anilines is 1. The number of hydrazine groups is 1. The molecule has 3 heterocycles. The number of nitrogens with zero attached hydrogens (tertiary/aromatic N) is 5. The van der Waals surface area contributed by atoms with Crippen LogP contribution in [0.2, 0.25) is 0 Å². The maximum Gasteiger partial charge on any atom is 0.246 e. The van der Waals surface area contributed by atoms with Crippen LogP contribution in [0.25, 0.3) is 0 Å². The summed E-state index contributed by atoms with van der Waals surface area (Å²) in [7, 11) is 0. The van der Waals surface area contributed by atoms with Gasteiger partial charge >= 0.3 is 0 Å². The van der Waals surface area contributed by atoms with E-state index >= 15 is 0 Å². The molecular weight excluding hydrogens is 498 g/mol. The number of morpholine rings is 1. The molecule has 206 valence electrons. The lowest BCUT2D eigenvalue weighted by atomic mass is 9.98. The maximum absolute atomic E-state index is 14.0. The molecule has 3 saturated heterocycles. The van der Waals surface area contributed by atoms with Crippen LogP contribution >= 0.6 is 0 Å². The number of aromatic hydroxyl groups is 1. The highest BCUT2D eigenvalue weighted by Gasteiger charge is 2.49. The first-order valence-electron chi connectivity index (χ1n) is 13.3. The Morgan fingerprint density at radius 2 is 1.79 bits per heavy atom. The average molecular weight is 534 g/mol. The lowest BCUT2D eigenvalue weighted by Crippen LogP contribution is -2.74. The zero-order valence-electron chi connectivity index (χ0n) is 22.2. The van der Waals surface area contributed by atoms with Crippen molar-refractivity contribution < 1.29 is 24.2 Å². The zero-order valence-corrected chi connectivity index (χ0v) is 22.2. The van der Waals surface area contributed by atoms with Gasteiger partial charge in [-0.15, -0.1) is 6.58 Å². The van der Waals surface area contributed by atoms with Crippen LogP contribution in [0, 0.1) is 6.92 Å². The fourth-order valence-corrected chi connectivity index (χ4v) is 5.72. The number of fused-ring (bicyclic) bond motifs is 1. The van der Waals surface area contributed by atoms with Crippen molar-refractivity contribution in [1.29, 1.82) is 0 Å². The molecule has 5 rings (SSSR count). The van der Waals surface area contributed by atoms with Crippen LogP contribution in [-0.2, 0) is 32.1 Å². The molecule has 2 aromatic rings. The van der Waals surface area contributed by atoms with Gasteiger partial charge in [-0.1, -0.05) is 30.3 Å². The van der Waals surface area contributed by atoms with Crippen molar-refractivity contribution in [3.05, 3.63) is 71.8 Å². The van der Waals surface area contributed by atoms with Gasteiger partial charge in [0.05, 0.1) is 26.3 Å². The van der Waals surface area contributed by atoms with Crippen molar-refractivity contribution in [3.63, 3.8) is 0 Å². The van der Waals surface area contributed by atoms with Gasteiger partial charge in [0, 0.05) is 38.3 Å². The average Bonchev–Trinajstić information content (AvgIpc) is 2.94. The van der Waals surface area contributed by atoms with Gasteiger partial charge in [-0.05, 0) is 41.8 Å². The van der Waals surface area contributed by atoms with Gasteiger partial charge in [0.15, 0.2) is 0 Å². The maximum atomic E-state index is 14.0. The topological polar surface area (TPSA) is 96.9 Å². The lowest BCUT2D eigenvalue weighted by Gasteiger charge is -2.54. The fraction of sp³-hybridized carbons (Fsp3) is 0.414. The third kappa shape index (κ3) is 5.48. The summed E-state index contributed by atoms with van der Waals surface area (Å²) >= 11 is 0. The Morgan fingerprint density at radius 3 is 2.49 bits per heavy atom. The van der Waals surface area contributed by atoms with Crippen LogP contribution in [0.15, 0.2) is 55.1 Å². The standard InChI is InChI=1S/C29H35N5O5/c1-3-10-32-19-28(37)34-26(15-22-6-8-24(36)9-7-22)29(38)31(18-27(34)33(32)20-35)17-23-5-4-21(2)25(16-23)30-11-13-39-14-12-30/h3-9,16,20,26-27,36H,1,10-15,17-19H2,2H3/t26-,27?/m0/s1. The van der Waals surface area contributed by atoms with Crippen LogP contribution in [0.3, 0.4) is 0 Å². The van der Waals surface area contributed by atoms with Gasteiger partial charge in [-0.25, -0.2) is 5.01 Å². The summed E-state index contributed by atoms with van der Waals surface area (Å²) in [6.45, 7) is 9.71. The Bertz CT molecular complexity index is 1230. The Balaban J connectivity index is 1.46. The molecule has 0 bridgehead atoms. The third-order valence-electron chi connectivity index (χ3n) is 7.69. The summed E-state index contributed by atoms with van der Waals surface area (Å²) < 4.78 is 5.52. The molecular formula is C29H35N5O5. The van der Waals surface area contributed by atoms with Gasteiger partial charge in [0.2, 0.25) is 18.2 Å². The predicted molar refractivity (Wildman–Crippen MR) is 146 cm³/mol. The van der Waals surface area contributed by atoms with E-state index in [0.29, 0.717) is 26.3 Å². The van der Waals surface area contributed by atoms with Gasteiger partial charge in [0.25, 0.3) is 0 Å². The number of hydrogen-bond donors (Lipinski definition) is 1. The SMILES string of the molecule is C=CCN1CC(=O)N2C(CN(Cc3ccc(C)c(N4CCOCC4)c3)C(=O)[C@@H]2Cc2ccc(O)cc2)N1C=O. The molecule has 2 aromatic carbocycles. The van der Waals surface area contributed by atoms with Gasteiger partial charge in [-0.3, -0.25) is 19.4 Å². The number of ether oxygens (including phenoxy) is 1. The van der Waals surface area contributed by atoms with E-state index < -0.39 is 12.2 Å². The molecule has 3 aliphatic rings. The molecule has 3 amide bonds. The van der Waals surface area contributed by atoms with Crippen molar-refractivity contribution in [2.75, 3.05) is 50.8 Å². The van der Waals surface area contributed by atoms with Crippen molar-refractivity contribution >= 4 is 23.9 Å². The minimum atomic E-state index is -0.779. The summed E-state index contributed by atoms with van der Waals surface area (Å²) in [5.74, 6) is -0.240. The van der Waals surface area contributed by atoms with Crippen LogP contribution in [-0.4, -0.2) is 101 Å². The lowest BCUT2D eigenvalue weighted by molar-refractivity contribution is -0.199. The Labute approximate surface area is 228 Å². The Kier molecular flexibility index (Phi) is 7.85. The normalized spacial score (nSPS) is 22.2. The number of benzene rings is 2. The highest BCUT2D eigenvalue weighted by molar-refractivity contribution is 5.91. The predicted octanol–water partition coefficient (Wildman–Crippen LogP) is 1.52. The number of aryl methyl sites for hydroxylation is 1. The molecule has 3 fully saturated rings. The zero-order chi connectivity index (χ0) is 27.5. The molecule has 0 aliphatic carbocycles. The van der Waals surface area contributed by atoms with E-state index in [1.54, 1.807) is 45.2 Å². The smallest absolute Gasteiger partial charge is 0.246 e. The summed E-state index contributed by atoms with van der Waals surface area (Å²) in [5, 5.41) is 12.9. The van der Waals surface area contributed by atoms with Crippen molar-refractivity contribution in [1.82, 2.24) is 19.8 Å². The first kappa shape index (κ1) is 26.7. The molecule has 2 atom stereocenters. The largest absolute Gasteiger partial charge is 0.508 e. The molecule has 0 spiro atoms. The molecule has 0 aromatic heterocycles. The first-order chi connectivity index (χ1) is 18.9. The highest BCUT2D eigenvalue weighted by atomic mass is 16.5. The summed E-state index contributed by atoms with van der Waals surface area (Å²) in [5.41, 5.74) is 4.08. The number of hydrogen-bond acceptors (Lipinski definition) is 7. The quantitative estimate of drug-likeness (QED) is 0.406. The second kappa shape index (κ2) is 11.5. The van der Waals surface area contributed by atoms with Crippen molar-refractivity contribution in [2.45, 2.75) is 32.1 Å². The monoisotopic (exact) mass is 533 g/mol. The van der Waals surface area contributed by atoms with Gasteiger partial charge in [0.1, 0.15) is 18.0 Å². The summed E-state index contributed by atoms with van der Waals surface area (Å²) in [6, 6.07) is 12.1. The summed E-state index contributed by atoms with van der Waals surface area (Å²) in [4.78, 5) is 45.3. The first-order valence-corrected chi connectivity index (χ1v) is 13.3. The fourth-order valence-electron chi connectivity index (χ4n) is 5.72. The molecule has 0 radical (unpaired) electrons. The van der Waals surface area contributed by atoms with E-state index in [0.717, 1.165) is 41.9 Å². The number of phenolic OH excluding ortho intramolecular Hbond substituents is 1.